The fraction of sp³-hybridized carbons (Fsp3) is 0.0588. The Kier molecular flexibility index (Phi) is 6.60. The molecule has 0 fully saturated rings. The first-order chi connectivity index (χ1) is 26.5. The van der Waals surface area contributed by atoms with Crippen LogP contribution in [0.4, 0.5) is 0 Å². The number of benzene rings is 8. The first kappa shape index (κ1) is 30.8. The van der Waals surface area contributed by atoms with Crippen molar-refractivity contribution in [2.45, 2.75) is 19.3 Å². The molecule has 54 heavy (non-hydrogen) atoms. The second-order valence-electron chi connectivity index (χ2n) is 15.0. The van der Waals surface area contributed by atoms with Crippen LogP contribution in [0.5, 0.6) is 0 Å². The third-order valence-electron chi connectivity index (χ3n) is 11.4. The van der Waals surface area contributed by atoms with Crippen LogP contribution in [0, 0.1) is 0 Å². The molecule has 3 nitrogen and oxygen atoms in total. The van der Waals surface area contributed by atoms with Crippen molar-refractivity contribution >= 4 is 43.5 Å². The highest BCUT2D eigenvalue weighted by Crippen LogP contribution is 2.53. The molecule has 8 aromatic carbocycles. The average Bonchev–Trinajstić information content (AvgIpc) is 3.69. The van der Waals surface area contributed by atoms with E-state index in [1.165, 1.54) is 43.8 Å². The quantitative estimate of drug-likeness (QED) is 0.184. The Labute approximate surface area is 313 Å². The van der Waals surface area contributed by atoms with Crippen molar-refractivity contribution in [3.63, 3.8) is 0 Å². The summed E-state index contributed by atoms with van der Waals surface area (Å²) < 4.78 is 6.33. The van der Waals surface area contributed by atoms with E-state index in [4.69, 9.17) is 14.4 Å². The fourth-order valence-electron chi connectivity index (χ4n) is 8.64. The van der Waals surface area contributed by atoms with Gasteiger partial charge in [0.15, 0.2) is 5.82 Å². The van der Waals surface area contributed by atoms with Gasteiger partial charge in [-0.3, -0.25) is 0 Å². The molecule has 0 saturated heterocycles. The lowest BCUT2D eigenvalue weighted by Crippen LogP contribution is -2.14. The van der Waals surface area contributed by atoms with Gasteiger partial charge in [-0.25, -0.2) is 9.97 Å². The molecule has 0 spiro atoms. The Morgan fingerprint density at radius 2 is 1.04 bits per heavy atom. The van der Waals surface area contributed by atoms with Gasteiger partial charge in [-0.2, -0.15) is 0 Å². The second kappa shape index (κ2) is 11.6. The molecule has 2 aromatic heterocycles. The van der Waals surface area contributed by atoms with Gasteiger partial charge in [0.2, 0.25) is 0 Å². The molecule has 0 aliphatic heterocycles. The van der Waals surface area contributed by atoms with E-state index in [0.717, 1.165) is 61.1 Å². The molecular weight excluding hydrogens is 657 g/mol. The number of aromatic nitrogens is 2. The van der Waals surface area contributed by atoms with Crippen LogP contribution < -0.4 is 0 Å². The van der Waals surface area contributed by atoms with Crippen LogP contribution in [0.3, 0.4) is 0 Å². The number of hydrogen-bond acceptors (Lipinski definition) is 3. The Hall–Kier alpha value is -6.84. The van der Waals surface area contributed by atoms with Crippen LogP contribution in [-0.2, 0) is 5.41 Å². The van der Waals surface area contributed by atoms with Crippen molar-refractivity contribution < 1.29 is 4.42 Å². The van der Waals surface area contributed by atoms with Gasteiger partial charge in [0.1, 0.15) is 11.2 Å². The monoisotopic (exact) mass is 690 g/mol. The maximum Gasteiger partial charge on any atom is 0.160 e. The van der Waals surface area contributed by atoms with E-state index in [1.807, 2.05) is 18.2 Å². The lowest BCUT2D eigenvalue weighted by atomic mass is 9.81. The average molecular weight is 691 g/mol. The number of hydrogen-bond donors (Lipinski definition) is 0. The third-order valence-corrected chi connectivity index (χ3v) is 11.4. The number of furan rings is 1. The summed E-state index contributed by atoms with van der Waals surface area (Å²) in [6.45, 7) is 4.68. The van der Waals surface area contributed by atoms with E-state index in [9.17, 15) is 0 Å². The zero-order chi connectivity index (χ0) is 36.0. The van der Waals surface area contributed by atoms with Gasteiger partial charge in [0, 0.05) is 32.9 Å². The van der Waals surface area contributed by atoms with Crippen molar-refractivity contribution in [2.75, 3.05) is 0 Å². The highest BCUT2D eigenvalue weighted by Gasteiger charge is 2.37. The molecule has 10 aromatic rings. The standard InChI is InChI=1S/C51H34N2O/c1-51(2)43-21-11-20-39(49(43)42-27-34-15-6-8-16-35(34)28-44(42)51)46-30-45(52-50(53-46)31-12-4-3-5-13-31)38-19-10-18-32(24-38)37-22-23-47-40(26-37)41-25-33-14-7-9-17-36(33)29-48(41)54-47/h3-30H,1-2H3. The first-order valence-electron chi connectivity index (χ1n) is 18.6. The largest absolute Gasteiger partial charge is 0.456 e. The number of nitrogens with zero attached hydrogens (tertiary/aromatic N) is 2. The normalized spacial score (nSPS) is 13.1. The molecule has 1 aliphatic rings. The van der Waals surface area contributed by atoms with E-state index in [2.05, 4.69) is 166 Å². The molecule has 0 radical (unpaired) electrons. The topological polar surface area (TPSA) is 38.9 Å². The van der Waals surface area contributed by atoms with Crippen LogP contribution in [0.1, 0.15) is 25.0 Å². The minimum atomic E-state index is -0.147. The van der Waals surface area contributed by atoms with E-state index in [0.29, 0.717) is 5.82 Å². The first-order valence-corrected chi connectivity index (χ1v) is 18.6. The van der Waals surface area contributed by atoms with Gasteiger partial charge < -0.3 is 4.42 Å². The molecule has 254 valence electrons. The molecule has 1 aliphatic carbocycles. The van der Waals surface area contributed by atoms with E-state index < -0.39 is 0 Å². The molecular formula is C51H34N2O. The summed E-state index contributed by atoms with van der Waals surface area (Å²) in [5.74, 6) is 0.709. The Balaban J connectivity index is 1.08. The SMILES string of the molecule is CC1(C)c2cc3ccccc3cc2-c2c(-c3cc(-c4cccc(-c5ccc6oc7cc8ccccc8cc7c6c5)c4)nc(-c4ccccc4)n3)cccc21. The van der Waals surface area contributed by atoms with Crippen molar-refractivity contribution in [3.05, 3.63) is 181 Å². The van der Waals surface area contributed by atoms with Crippen molar-refractivity contribution in [3.8, 4) is 56.2 Å². The van der Waals surface area contributed by atoms with Crippen LogP contribution in [-0.4, -0.2) is 9.97 Å². The summed E-state index contributed by atoms with van der Waals surface area (Å²) >= 11 is 0. The van der Waals surface area contributed by atoms with Crippen molar-refractivity contribution in [1.82, 2.24) is 9.97 Å². The highest BCUT2D eigenvalue weighted by molar-refractivity contribution is 6.11. The van der Waals surface area contributed by atoms with E-state index in [1.54, 1.807) is 0 Å². The molecule has 2 heterocycles. The van der Waals surface area contributed by atoms with E-state index >= 15 is 0 Å². The Bertz CT molecular complexity index is 3130. The van der Waals surface area contributed by atoms with Gasteiger partial charge in [-0.05, 0) is 103 Å². The van der Waals surface area contributed by atoms with Crippen LogP contribution >= 0.6 is 0 Å². The smallest absolute Gasteiger partial charge is 0.160 e. The van der Waals surface area contributed by atoms with E-state index in [-0.39, 0.29) is 5.41 Å². The highest BCUT2D eigenvalue weighted by atomic mass is 16.3. The van der Waals surface area contributed by atoms with Crippen LogP contribution in [0.25, 0.3) is 99.6 Å². The fourth-order valence-corrected chi connectivity index (χ4v) is 8.64. The van der Waals surface area contributed by atoms with Gasteiger partial charge in [-0.1, -0.05) is 135 Å². The minimum Gasteiger partial charge on any atom is -0.456 e. The molecule has 0 amide bonds. The minimum absolute atomic E-state index is 0.147. The Morgan fingerprint density at radius 1 is 0.407 bits per heavy atom. The van der Waals surface area contributed by atoms with Gasteiger partial charge in [-0.15, -0.1) is 0 Å². The predicted octanol–water partition coefficient (Wildman–Crippen LogP) is 13.7. The maximum absolute atomic E-state index is 6.33. The van der Waals surface area contributed by atoms with Gasteiger partial charge in [0.25, 0.3) is 0 Å². The molecule has 3 heteroatoms. The van der Waals surface area contributed by atoms with Crippen molar-refractivity contribution in [2.24, 2.45) is 0 Å². The number of rotatable bonds is 4. The summed E-state index contributed by atoms with van der Waals surface area (Å²) in [6, 6.07) is 60.6. The lowest BCUT2D eigenvalue weighted by molar-refractivity contribution is 0.661. The molecule has 0 unspecified atom stereocenters. The van der Waals surface area contributed by atoms with Crippen LogP contribution in [0.2, 0.25) is 0 Å². The zero-order valence-electron chi connectivity index (χ0n) is 30.0. The second-order valence-corrected chi connectivity index (χ2v) is 15.0. The zero-order valence-corrected chi connectivity index (χ0v) is 30.0. The summed E-state index contributed by atoms with van der Waals surface area (Å²) in [5, 5.41) is 7.14. The summed E-state index contributed by atoms with van der Waals surface area (Å²) in [7, 11) is 0. The predicted molar refractivity (Wildman–Crippen MR) is 224 cm³/mol. The van der Waals surface area contributed by atoms with Gasteiger partial charge >= 0.3 is 0 Å². The number of fused-ring (bicyclic) bond motifs is 8. The molecule has 0 N–H and O–H groups in total. The molecule has 0 saturated carbocycles. The molecule has 11 rings (SSSR count). The third kappa shape index (κ3) is 4.75. The lowest BCUT2D eigenvalue weighted by Gasteiger charge is -2.22. The molecule has 0 atom stereocenters. The summed E-state index contributed by atoms with van der Waals surface area (Å²) in [4.78, 5) is 10.5. The summed E-state index contributed by atoms with van der Waals surface area (Å²) in [6.07, 6.45) is 0. The Morgan fingerprint density at radius 3 is 1.85 bits per heavy atom. The van der Waals surface area contributed by atoms with Crippen LogP contribution in [0.15, 0.2) is 174 Å². The van der Waals surface area contributed by atoms with Gasteiger partial charge in [0.05, 0.1) is 11.4 Å². The summed E-state index contributed by atoms with van der Waals surface area (Å²) in [5.41, 5.74) is 14.1. The van der Waals surface area contributed by atoms with Crippen molar-refractivity contribution in [1.29, 1.82) is 0 Å². The maximum atomic E-state index is 6.33. The molecule has 0 bridgehead atoms.